The summed E-state index contributed by atoms with van der Waals surface area (Å²) in [5.74, 6) is 0.925. The van der Waals surface area contributed by atoms with Crippen LogP contribution in [0.15, 0.2) is 66.7 Å². The molecular formula is C22H20N2. The van der Waals surface area contributed by atoms with Crippen molar-refractivity contribution >= 4 is 11.0 Å². The van der Waals surface area contributed by atoms with Crippen molar-refractivity contribution in [2.75, 3.05) is 0 Å². The summed E-state index contributed by atoms with van der Waals surface area (Å²) in [6.45, 7) is 4.32. The van der Waals surface area contributed by atoms with Gasteiger partial charge in [-0.05, 0) is 54.7 Å². The van der Waals surface area contributed by atoms with Gasteiger partial charge in [-0.2, -0.15) is 0 Å². The van der Waals surface area contributed by atoms with Crippen molar-refractivity contribution in [3.63, 3.8) is 0 Å². The zero-order valence-electron chi connectivity index (χ0n) is 14.0. The minimum atomic E-state index is 0.925. The third-order valence-electron chi connectivity index (χ3n) is 4.60. The monoisotopic (exact) mass is 312 g/mol. The van der Waals surface area contributed by atoms with E-state index >= 15 is 0 Å². The maximum absolute atomic E-state index is 4.66. The molecule has 0 atom stereocenters. The lowest BCUT2D eigenvalue weighted by Gasteiger charge is -2.06. The Morgan fingerprint density at radius 2 is 1.54 bits per heavy atom. The maximum Gasteiger partial charge on any atom is 0.138 e. The van der Waals surface area contributed by atoms with Crippen molar-refractivity contribution in [1.29, 1.82) is 0 Å². The zero-order valence-corrected chi connectivity index (χ0v) is 14.0. The van der Waals surface area contributed by atoms with Gasteiger partial charge in [-0.1, -0.05) is 54.6 Å². The van der Waals surface area contributed by atoms with E-state index in [0.29, 0.717) is 0 Å². The van der Waals surface area contributed by atoms with Gasteiger partial charge in [0.05, 0.1) is 11.0 Å². The molecule has 0 unspecified atom stereocenters. The first-order chi connectivity index (χ1) is 11.7. The first-order valence-electron chi connectivity index (χ1n) is 8.29. The van der Waals surface area contributed by atoms with Gasteiger partial charge in [0.2, 0.25) is 0 Å². The van der Waals surface area contributed by atoms with Crippen LogP contribution in [0.3, 0.4) is 0 Å². The average Bonchev–Trinajstić information content (AvgIpc) is 3.03. The summed E-state index contributed by atoms with van der Waals surface area (Å²) in [7, 11) is 0. The van der Waals surface area contributed by atoms with Gasteiger partial charge < -0.3 is 4.98 Å². The van der Waals surface area contributed by atoms with Gasteiger partial charge in [-0.3, -0.25) is 0 Å². The number of nitrogens with one attached hydrogen (secondary N) is 1. The molecule has 2 nitrogen and oxygen atoms in total. The summed E-state index contributed by atoms with van der Waals surface area (Å²) in [6, 6.07) is 23.5. The van der Waals surface area contributed by atoms with Gasteiger partial charge in [-0.15, -0.1) is 0 Å². The predicted molar refractivity (Wildman–Crippen MR) is 100 cm³/mol. The third kappa shape index (κ3) is 2.83. The molecule has 0 saturated carbocycles. The van der Waals surface area contributed by atoms with Crippen molar-refractivity contribution in [2.45, 2.75) is 20.3 Å². The highest BCUT2D eigenvalue weighted by Gasteiger charge is 2.05. The summed E-state index contributed by atoms with van der Waals surface area (Å²) < 4.78 is 0. The molecule has 118 valence electrons. The van der Waals surface area contributed by atoms with Crippen LogP contribution in [0.5, 0.6) is 0 Å². The standard InChI is InChI=1S/C22H20N2/c1-15-7-8-18(13-16(15)2)14-17-9-11-19(12-10-17)22-23-20-5-3-4-6-21(20)24-22/h3-13H,14H2,1-2H3,(H,23,24). The summed E-state index contributed by atoms with van der Waals surface area (Å²) >= 11 is 0. The van der Waals surface area contributed by atoms with Crippen LogP contribution in [0, 0.1) is 13.8 Å². The van der Waals surface area contributed by atoms with Crippen molar-refractivity contribution in [1.82, 2.24) is 9.97 Å². The lowest BCUT2D eigenvalue weighted by Crippen LogP contribution is -1.91. The van der Waals surface area contributed by atoms with Crippen molar-refractivity contribution < 1.29 is 0 Å². The minimum absolute atomic E-state index is 0.925. The Morgan fingerprint density at radius 3 is 2.29 bits per heavy atom. The number of rotatable bonds is 3. The second kappa shape index (κ2) is 5.97. The zero-order chi connectivity index (χ0) is 16.5. The van der Waals surface area contributed by atoms with Crippen molar-refractivity contribution in [2.24, 2.45) is 0 Å². The van der Waals surface area contributed by atoms with Gasteiger partial charge in [0.15, 0.2) is 0 Å². The molecule has 4 aromatic rings. The van der Waals surface area contributed by atoms with Crippen LogP contribution in [-0.4, -0.2) is 9.97 Å². The van der Waals surface area contributed by atoms with Gasteiger partial charge in [0, 0.05) is 5.56 Å². The number of nitrogens with zero attached hydrogens (tertiary/aromatic N) is 1. The molecule has 0 saturated heterocycles. The molecule has 24 heavy (non-hydrogen) atoms. The SMILES string of the molecule is Cc1ccc(Cc2ccc(-c3nc4ccccc4[nH]3)cc2)cc1C. The number of benzene rings is 3. The van der Waals surface area contributed by atoms with Crippen LogP contribution in [0.25, 0.3) is 22.4 Å². The molecule has 2 heteroatoms. The fraction of sp³-hybridized carbons (Fsp3) is 0.136. The maximum atomic E-state index is 4.66. The number of aromatic amines is 1. The number of aromatic nitrogens is 2. The largest absolute Gasteiger partial charge is 0.338 e. The molecule has 1 heterocycles. The fourth-order valence-electron chi connectivity index (χ4n) is 3.02. The van der Waals surface area contributed by atoms with E-state index in [1.54, 1.807) is 0 Å². The van der Waals surface area contributed by atoms with E-state index in [2.05, 4.69) is 72.3 Å². The summed E-state index contributed by atoms with van der Waals surface area (Å²) in [6.07, 6.45) is 0.960. The summed E-state index contributed by atoms with van der Waals surface area (Å²) in [5, 5.41) is 0. The molecule has 0 spiro atoms. The molecule has 0 amide bonds. The van der Waals surface area contributed by atoms with Crippen molar-refractivity contribution in [3.05, 3.63) is 89.0 Å². The van der Waals surface area contributed by atoms with E-state index in [0.717, 1.165) is 28.8 Å². The molecule has 1 N–H and O–H groups in total. The third-order valence-corrected chi connectivity index (χ3v) is 4.60. The molecule has 0 aliphatic carbocycles. The number of H-pyrrole nitrogens is 1. The van der Waals surface area contributed by atoms with Crippen LogP contribution in [0.2, 0.25) is 0 Å². The first-order valence-corrected chi connectivity index (χ1v) is 8.29. The number of hydrogen-bond acceptors (Lipinski definition) is 1. The molecule has 3 aromatic carbocycles. The van der Waals surface area contributed by atoms with Gasteiger partial charge in [0.1, 0.15) is 5.82 Å². The number of aryl methyl sites for hydroxylation is 2. The van der Waals surface area contributed by atoms with Crippen LogP contribution in [0.1, 0.15) is 22.3 Å². The quantitative estimate of drug-likeness (QED) is 0.536. The van der Waals surface area contributed by atoms with E-state index in [9.17, 15) is 0 Å². The molecular weight excluding hydrogens is 292 g/mol. The summed E-state index contributed by atoms with van der Waals surface area (Å²) in [4.78, 5) is 8.05. The summed E-state index contributed by atoms with van der Waals surface area (Å²) in [5.41, 5.74) is 8.58. The van der Waals surface area contributed by atoms with Gasteiger partial charge >= 0.3 is 0 Å². The Labute approximate surface area is 142 Å². The highest BCUT2D eigenvalue weighted by atomic mass is 14.9. The number of fused-ring (bicyclic) bond motifs is 1. The van der Waals surface area contributed by atoms with E-state index in [1.165, 1.54) is 22.3 Å². The number of hydrogen-bond donors (Lipinski definition) is 1. The second-order valence-corrected chi connectivity index (χ2v) is 6.39. The normalized spacial score (nSPS) is 11.1. The predicted octanol–water partition coefficient (Wildman–Crippen LogP) is 5.44. The highest BCUT2D eigenvalue weighted by molar-refractivity contribution is 5.79. The number of imidazole rings is 1. The second-order valence-electron chi connectivity index (χ2n) is 6.39. The Morgan fingerprint density at radius 1 is 0.792 bits per heavy atom. The topological polar surface area (TPSA) is 28.7 Å². The molecule has 0 aliphatic heterocycles. The number of para-hydroxylation sites is 2. The molecule has 0 fully saturated rings. The Kier molecular flexibility index (Phi) is 3.66. The molecule has 0 bridgehead atoms. The molecule has 0 aliphatic rings. The fourth-order valence-corrected chi connectivity index (χ4v) is 3.02. The Balaban J connectivity index is 1.58. The average molecular weight is 312 g/mol. The lowest BCUT2D eigenvalue weighted by molar-refractivity contribution is 1.17. The molecule has 0 radical (unpaired) electrons. The van der Waals surface area contributed by atoms with Crippen molar-refractivity contribution in [3.8, 4) is 11.4 Å². The van der Waals surface area contributed by atoms with E-state index in [-0.39, 0.29) is 0 Å². The van der Waals surface area contributed by atoms with E-state index in [4.69, 9.17) is 0 Å². The minimum Gasteiger partial charge on any atom is -0.338 e. The smallest absolute Gasteiger partial charge is 0.138 e. The van der Waals surface area contributed by atoms with E-state index in [1.807, 2.05) is 18.2 Å². The molecule has 4 rings (SSSR count). The first kappa shape index (κ1) is 14.7. The van der Waals surface area contributed by atoms with Crippen LogP contribution in [0.4, 0.5) is 0 Å². The van der Waals surface area contributed by atoms with E-state index < -0.39 is 0 Å². The lowest BCUT2D eigenvalue weighted by atomic mass is 10.00. The Hall–Kier alpha value is -2.87. The van der Waals surface area contributed by atoms with Gasteiger partial charge in [-0.25, -0.2) is 4.98 Å². The van der Waals surface area contributed by atoms with Crippen LogP contribution < -0.4 is 0 Å². The highest BCUT2D eigenvalue weighted by Crippen LogP contribution is 2.22. The van der Waals surface area contributed by atoms with Crippen LogP contribution in [-0.2, 0) is 6.42 Å². The molecule has 1 aromatic heterocycles. The van der Waals surface area contributed by atoms with Crippen LogP contribution >= 0.6 is 0 Å². The Bertz CT molecular complexity index is 961. The van der Waals surface area contributed by atoms with Gasteiger partial charge in [0.25, 0.3) is 0 Å².